The number of hydrogen-bond donors (Lipinski definition) is 1. The number of carbonyl (C=O) groups is 2. The molecule has 124 valence electrons. The molecule has 23 heavy (non-hydrogen) atoms. The highest BCUT2D eigenvalue weighted by atomic mass is 16.5. The van der Waals surface area contributed by atoms with E-state index in [4.69, 9.17) is 14.7 Å². The predicted molar refractivity (Wildman–Crippen MR) is 84.6 cm³/mol. The average Bonchev–Trinajstić information content (AvgIpc) is 2.58. The molecule has 0 fully saturated rings. The van der Waals surface area contributed by atoms with Gasteiger partial charge in [-0.2, -0.15) is 5.26 Å². The maximum Gasteiger partial charge on any atom is 0.328 e. The predicted octanol–water partition coefficient (Wildman–Crippen LogP) is 2.03. The Balaban J connectivity index is 2.79. The Hall–Kier alpha value is -2.55. The molecule has 1 N–H and O–H groups in total. The van der Waals surface area contributed by atoms with Crippen LogP contribution in [0.5, 0.6) is 5.75 Å². The Kier molecular flexibility index (Phi) is 7.07. The fourth-order valence-electron chi connectivity index (χ4n) is 1.97. The van der Waals surface area contributed by atoms with Crippen molar-refractivity contribution in [3.05, 3.63) is 29.8 Å². The van der Waals surface area contributed by atoms with E-state index in [1.807, 2.05) is 19.9 Å². The summed E-state index contributed by atoms with van der Waals surface area (Å²) < 4.78 is 10.3. The molecule has 1 aromatic carbocycles. The van der Waals surface area contributed by atoms with E-state index in [1.165, 1.54) is 7.11 Å². The highest BCUT2D eigenvalue weighted by Crippen LogP contribution is 2.18. The summed E-state index contributed by atoms with van der Waals surface area (Å²) >= 11 is 0. The summed E-state index contributed by atoms with van der Waals surface area (Å²) in [5.41, 5.74) is 0.346. The average molecular weight is 318 g/mol. The van der Waals surface area contributed by atoms with Crippen molar-refractivity contribution in [2.75, 3.05) is 7.11 Å². The summed E-state index contributed by atoms with van der Waals surface area (Å²) in [5, 5.41) is 11.7. The molecule has 6 nitrogen and oxygen atoms in total. The zero-order valence-corrected chi connectivity index (χ0v) is 13.8. The first-order valence-corrected chi connectivity index (χ1v) is 7.48. The standard InChI is InChI=1S/C17H22N2O4/c1-5-11(2)15(17(21)22-4)19-16(20)12(3)23-14-9-7-6-8-13(14)10-18/h6-9,11-12,15H,5H2,1-4H3,(H,19,20)/t11-,12-,15-/m0/s1. The third-order valence-corrected chi connectivity index (χ3v) is 3.65. The van der Waals surface area contributed by atoms with Crippen molar-refractivity contribution in [1.29, 1.82) is 5.26 Å². The number of hydrogen-bond acceptors (Lipinski definition) is 5. The van der Waals surface area contributed by atoms with E-state index in [2.05, 4.69) is 5.32 Å². The van der Waals surface area contributed by atoms with Crippen molar-refractivity contribution in [2.24, 2.45) is 5.92 Å². The number of rotatable bonds is 7. The summed E-state index contributed by atoms with van der Waals surface area (Å²) in [6.07, 6.45) is -0.132. The van der Waals surface area contributed by atoms with Crippen LogP contribution in [0.3, 0.4) is 0 Å². The summed E-state index contributed by atoms with van der Waals surface area (Å²) in [5.74, 6) is -0.661. The van der Waals surface area contributed by atoms with E-state index < -0.39 is 24.0 Å². The number of nitriles is 1. The highest BCUT2D eigenvalue weighted by molar-refractivity contribution is 5.87. The molecule has 0 aliphatic heterocycles. The van der Waals surface area contributed by atoms with Crippen LogP contribution in [0.25, 0.3) is 0 Å². The van der Waals surface area contributed by atoms with Gasteiger partial charge in [-0.1, -0.05) is 32.4 Å². The van der Waals surface area contributed by atoms with E-state index in [1.54, 1.807) is 31.2 Å². The normalized spacial score (nSPS) is 14.0. The number of nitrogens with one attached hydrogen (secondary N) is 1. The number of nitrogens with zero attached hydrogens (tertiary/aromatic N) is 1. The molecule has 0 aliphatic carbocycles. The molecule has 6 heteroatoms. The minimum absolute atomic E-state index is 0.0648. The molecule has 1 amide bonds. The molecule has 0 unspecified atom stereocenters. The Morgan fingerprint density at radius 3 is 2.52 bits per heavy atom. The molecule has 0 saturated heterocycles. The third kappa shape index (κ3) is 4.99. The molecular weight excluding hydrogens is 296 g/mol. The Morgan fingerprint density at radius 1 is 1.30 bits per heavy atom. The van der Waals surface area contributed by atoms with Gasteiger partial charge >= 0.3 is 5.97 Å². The molecule has 0 heterocycles. The zero-order valence-electron chi connectivity index (χ0n) is 13.8. The van der Waals surface area contributed by atoms with Crippen LogP contribution in [0, 0.1) is 17.2 Å². The summed E-state index contributed by atoms with van der Waals surface area (Å²) in [6.45, 7) is 5.35. The first-order valence-electron chi connectivity index (χ1n) is 7.48. The van der Waals surface area contributed by atoms with Gasteiger partial charge in [0.05, 0.1) is 12.7 Å². The molecular formula is C17H22N2O4. The fraction of sp³-hybridized carbons (Fsp3) is 0.471. The van der Waals surface area contributed by atoms with Gasteiger partial charge in [0.25, 0.3) is 5.91 Å². The lowest BCUT2D eigenvalue weighted by Crippen LogP contribution is -2.49. The van der Waals surface area contributed by atoms with E-state index in [-0.39, 0.29) is 5.92 Å². The van der Waals surface area contributed by atoms with Crippen molar-refractivity contribution in [3.63, 3.8) is 0 Å². The van der Waals surface area contributed by atoms with Crippen LogP contribution < -0.4 is 10.1 Å². The minimum atomic E-state index is -0.847. The van der Waals surface area contributed by atoms with Gasteiger partial charge in [0.1, 0.15) is 17.9 Å². The van der Waals surface area contributed by atoms with E-state index in [9.17, 15) is 9.59 Å². The second-order valence-electron chi connectivity index (χ2n) is 5.26. The first-order chi connectivity index (χ1) is 10.9. The highest BCUT2D eigenvalue weighted by Gasteiger charge is 2.29. The Bertz CT molecular complexity index is 595. The summed E-state index contributed by atoms with van der Waals surface area (Å²) in [7, 11) is 1.28. The van der Waals surface area contributed by atoms with Crippen LogP contribution in [0.4, 0.5) is 0 Å². The topological polar surface area (TPSA) is 88.4 Å². The van der Waals surface area contributed by atoms with E-state index in [0.717, 1.165) is 0 Å². The maximum atomic E-state index is 12.3. The lowest BCUT2D eigenvalue weighted by molar-refractivity contribution is -0.147. The van der Waals surface area contributed by atoms with Crippen molar-refractivity contribution in [1.82, 2.24) is 5.32 Å². The molecule has 0 aliphatic rings. The van der Waals surface area contributed by atoms with Crippen LogP contribution >= 0.6 is 0 Å². The van der Waals surface area contributed by atoms with Gasteiger partial charge < -0.3 is 14.8 Å². The lowest BCUT2D eigenvalue weighted by Gasteiger charge is -2.24. The molecule has 0 aromatic heterocycles. The Labute approximate surface area is 136 Å². The monoisotopic (exact) mass is 318 g/mol. The molecule has 1 aromatic rings. The summed E-state index contributed by atoms with van der Waals surface area (Å²) in [6, 6.07) is 7.94. The van der Waals surface area contributed by atoms with Crippen molar-refractivity contribution >= 4 is 11.9 Å². The van der Waals surface area contributed by atoms with Crippen LogP contribution in [-0.2, 0) is 14.3 Å². The molecule has 0 spiro atoms. The largest absolute Gasteiger partial charge is 0.480 e. The molecule has 3 atom stereocenters. The van der Waals surface area contributed by atoms with Gasteiger partial charge in [0.15, 0.2) is 6.10 Å². The van der Waals surface area contributed by atoms with Crippen LogP contribution in [0.1, 0.15) is 32.8 Å². The van der Waals surface area contributed by atoms with Gasteiger partial charge in [-0.25, -0.2) is 4.79 Å². The molecule has 0 saturated carbocycles. The number of amides is 1. The Morgan fingerprint density at radius 2 is 1.96 bits per heavy atom. The molecule has 0 bridgehead atoms. The van der Waals surface area contributed by atoms with Crippen LogP contribution in [0.15, 0.2) is 24.3 Å². The zero-order chi connectivity index (χ0) is 17.4. The number of benzene rings is 1. The van der Waals surface area contributed by atoms with E-state index in [0.29, 0.717) is 17.7 Å². The number of para-hydroxylation sites is 1. The minimum Gasteiger partial charge on any atom is -0.480 e. The van der Waals surface area contributed by atoms with Gasteiger partial charge in [-0.05, 0) is 25.0 Å². The first kappa shape index (κ1) is 18.5. The second-order valence-corrected chi connectivity index (χ2v) is 5.26. The third-order valence-electron chi connectivity index (χ3n) is 3.65. The summed E-state index contributed by atoms with van der Waals surface area (Å²) in [4.78, 5) is 24.1. The van der Waals surface area contributed by atoms with Gasteiger partial charge in [-0.3, -0.25) is 4.79 Å². The number of methoxy groups -OCH3 is 1. The molecule has 1 rings (SSSR count). The molecule has 0 radical (unpaired) electrons. The quantitative estimate of drug-likeness (QED) is 0.777. The number of carbonyl (C=O) groups excluding carboxylic acids is 2. The van der Waals surface area contributed by atoms with Crippen molar-refractivity contribution in [3.8, 4) is 11.8 Å². The van der Waals surface area contributed by atoms with Crippen LogP contribution in [-0.4, -0.2) is 31.1 Å². The van der Waals surface area contributed by atoms with E-state index >= 15 is 0 Å². The van der Waals surface area contributed by atoms with Crippen molar-refractivity contribution in [2.45, 2.75) is 39.3 Å². The van der Waals surface area contributed by atoms with Crippen molar-refractivity contribution < 1.29 is 19.1 Å². The van der Waals surface area contributed by atoms with Crippen LogP contribution in [0.2, 0.25) is 0 Å². The van der Waals surface area contributed by atoms with Gasteiger partial charge in [0.2, 0.25) is 0 Å². The maximum absolute atomic E-state index is 12.3. The van der Waals surface area contributed by atoms with Gasteiger partial charge in [-0.15, -0.1) is 0 Å². The number of esters is 1. The fourth-order valence-corrected chi connectivity index (χ4v) is 1.97. The second kappa shape index (κ2) is 8.79. The lowest BCUT2D eigenvalue weighted by atomic mass is 9.99. The number of ether oxygens (including phenoxy) is 2. The smallest absolute Gasteiger partial charge is 0.328 e. The van der Waals surface area contributed by atoms with Gasteiger partial charge in [0, 0.05) is 0 Å². The SMILES string of the molecule is CC[C@H](C)[C@H](NC(=O)[C@H](C)Oc1ccccc1C#N)C(=O)OC.